The molecule has 3 nitrogen and oxygen atoms in total. The lowest BCUT2D eigenvalue weighted by Gasteiger charge is -2.09. The lowest BCUT2D eigenvalue weighted by atomic mass is 10.1. The van der Waals surface area contributed by atoms with Crippen LogP contribution in [0, 0.1) is 3.57 Å². The molecule has 1 aromatic heterocycles. The molecule has 0 radical (unpaired) electrons. The van der Waals surface area contributed by atoms with Crippen LogP contribution in [-0.2, 0) is 6.61 Å². The van der Waals surface area contributed by atoms with Crippen molar-refractivity contribution in [3.8, 4) is 5.75 Å². The van der Waals surface area contributed by atoms with Gasteiger partial charge in [0.2, 0.25) is 0 Å². The second kappa shape index (κ2) is 6.07. The summed E-state index contributed by atoms with van der Waals surface area (Å²) in [6, 6.07) is 14.3. The molecule has 0 fully saturated rings. The predicted octanol–water partition coefficient (Wildman–Crippen LogP) is 4.63. The Hall–Kier alpha value is -1.53. The molecule has 0 bridgehead atoms. The molecule has 0 spiro atoms. The topological polar surface area (TPSA) is 39.4 Å². The second-order valence-electron chi connectivity index (χ2n) is 4.45. The first kappa shape index (κ1) is 14.4. The Morgan fingerprint density at radius 3 is 2.76 bits per heavy atom. The monoisotopic (exact) mass is 412 g/mol. The maximum absolute atomic E-state index is 11.6. The van der Waals surface area contributed by atoms with Gasteiger partial charge in [0, 0.05) is 22.0 Å². The Labute approximate surface area is 139 Å². The van der Waals surface area contributed by atoms with Crippen molar-refractivity contribution in [3.05, 3.63) is 73.1 Å². The SMILES string of the molecule is O=c1cc(COc2ccccc2I)c2cc(Cl)ccc2o1. The smallest absolute Gasteiger partial charge is 0.336 e. The van der Waals surface area contributed by atoms with Crippen LogP contribution < -0.4 is 10.4 Å². The van der Waals surface area contributed by atoms with Gasteiger partial charge in [0.25, 0.3) is 0 Å². The minimum absolute atomic E-state index is 0.280. The molecule has 3 rings (SSSR count). The lowest BCUT2D eigenvalue weighted by molar-refractivity contribution is 0.304. The molecule has 0 N–H and O–H groups in total. The van der Waals surface area contributed by atoms with E-state index in [9.17, 15) is 4.79 Å². The molecule has 3 aromatic rings. The summed E-state index contributed by atoms with van der Waals surface area (Å²) >= 11 is 8.22. The van der Waals surface area contributed by atoms with E-state index in [1.165, 1.54) is 6.07 Å². The van der Waals surface area contributed by atoms with Gasteiger partial charge in [-0.25, -0.2) is 4.79 Å². The molecule has 21 heavy (non-hydrogen) atoms. The summed E-state index contributed by atoms with van der Waals surface area (Å²) in [6.07, 6.45) is 0. The van der Waals surface area contributed by atoms with E-state index < -0.39 is 5.63 Å². The fraction of sp³-hybridized carbons (Fsp3) is 0.0625. The van der Waals surface area contributed by atoms with Crippen molar-refractivity contribution in [2.75, 3.05) is 0 Å². The Balaban J connectivity index is 1.98. The fourth-order valence-corrected chi connectivity index (χ4v) is 2.75. The molecular formula is C16H10ClIO3. The maximum atomic E-state index is 11.6. The highest BCUT2D eigenvalue weighted by atomic mass is 127. The van der Waals surface area contributed by atoms with E-state index in [-0.39, 0.29) is 6.61 Å². The molecule has 0 aliphatic carbocycles. The molecule has 0 atom stereocenters. The number of hydrogen-bond acceptors (Lipinski definition) is 3. The van der Waals surface area contributed by atoms with E-state index in [4.69, 9.17) is 20.8 Å². The number of halogens is 2. The van der Waals surface area contributed by atoms with Gasteiger partial charge in [0.15, 0.2) is 0 Å². The van der Waals surface area contributed by atoms with Crippen molar-refractivity contribution in [1.29, 1.82) is 0 Å². The Kier molecular flexibility index (Phi) is 4.17. The number of hydrogen-bond donors (Lipinski definition) is 0. The first-order valence-corrected chi connectivity index (χ1v) is 7.69. The molecule has 2 aromatic carbocycles. The van der Waals surface area contributed by atoms with Crippen molar-refractivity contribution in [3.63, 3.8) is 0 Å². The molecule has 0 saturated carbocycles. The summed E-state index contributed by atoms with van der Waals surface area (Å²) in [5.74, 6) is 0.779. The summed E-state index contributed by atoms with van der Waals surface area (Å²) in [7, 11) is 0. The predicted molar refractivity (Wildman–Crippen MR) is 91.0 cm³/mol. The van der Waals surface area contributed by atoms with Crippen LogP contribution in [0.3, 0.4) is 0 Å². The zero-order valence-corrected chi connectivity index (χ0v) is 13.7. The molecular weight excluding hydrogens is 403 g/mol. The number of benzene rings is 2. The third-order valence-corrected chi connectivity index (χ3v) is 4.14. The van der Waals surface area contributed by atoms with Gasteiger partial charge >= 0.3 is 5.63 Å². The van der Waals surface area contributed by atoms with E-state index in [0.29, 0.717) is 10.6 Å². The van der Waals surface area contributed by atoms with Gasteiger partial charge in [-0.3, -0.25) is 0 Å². The number of rotatable bonds is 3. The van der Waals surface area contributed by atoms with Gasteiger partial charge in [-0.15, -0.1) is 0 Å². The van der Waals surface area contributed by atoms with Crippen LogP contribution in [0.5, 0.6) is 5.75 Å². The zero-order chi connectivity index (χ0) is 14.8. The Bertz CT molecular complexity index is 858. The summed E-state index contributed by atoms with van der Waals surface area (Å²) in [4.78, 5) is 11.6. The van der Waals surface area contributed by atoms with Gasteiger partial charge in [0.05, 0.1) is 3.57 Å². The van der Waals surface area contributed by atoms with Crippen molar-refractivity contribution < 1.29 is 9.15 Å². The van der Waals surface area contributed by atoms with Crippen LogP contribution in [0.15, 0.2) is 57.7 Å². The van der Waals surface area contributed by atoms with Crippen LogP contribution in [0.4, 0.5) is 0 Å². The van der Waals surface area contributed by atoms with E-state index in [0.717, 1.165) is 20.3 Å². The molecule has 5 heteroatoms. The van der Waals surface area contributed by atoms with Crippen LogP contribution in [0.25, 0.3) is 11.0 Å². The van der Waals surface area contributed by atoms with Gasteiger partial charge in [0.1, 0.15) is 17.9 Å². The van der Waals surface area contributed by atoms with Gasteiger partial charge in [-0.2, -0.15) is 0 Å². The number of ether oxygens (including phenoxy) is 1. The van der Waals surface area contributed by atoms with E-state index in [1.54, 1.807) is 18.2 Å². The van der Waals surface area contributed by atoms with E-state index in [1.807, 2.05) is 24.3 Å². The maximum Gasteiger partial charge on any atom is 0.336 e. The Morgan fingerprint density at radius 2 is 1.95 bits per heavy atom. The van der Waals surface area contributed by atoms with Crippen LogP contribution in [0.1, 0.15) is 5.56 Å². The first-order chi connectivity index (χ1) is 10.1. The normalized spacial score (nSPS) is 10.8. The highest BCUT2D eigenvalue weighted by molar-refractivity contribution is 14.1. The summed E-state index contributed by atoms with van der Waals surface area (Å²) in [5.41, 5.74) is 0.864. The largest absolute Gasteiger partial charge is 0.488 e. The lowest BCUT2D eigenvalue weighted by Crippen LogP contribution is -2.04. The fourth-order valence-electron chi connectivity index (χ4n) is 2.04. The van der Waals surface area contributed by atoms with Crippen molar-refractivity contribution >= 4 is 45.2 Å². The van der Waals surface area contributed by atoms with Crippen molar-refractivity contribution in [1.82, 2.24) is 0 Å². The van der Waals surface area contributed by atoms with Gasteiger partial charge in [-0.1, -0.05) is 23.7 Å². The van der Waals surface area contributed by atoms with Crippen molar-refractivity contribution in [2.45, 2.75) is 6.61 Å². The average molecular weight is 413 g/mol. The molecule has 0 amide bonds. The molecule has 0 unspecified atom stereocenters. The highest BCUT2D eigenvalue weighted by Gasteiger charge is 2.08. The average Bonchev–Trinajstić information content (AvgIpc) is 2.47. The summed E-state index contributed by atoms with van der Waals surface area (Å²) in [6.45, 7) is 0.280. The Morgan fingerprint density at radius 1 is 1.14 bits per heavy atom. The summed E-state index contributed by atoms with van der Waals surface area (Å²) in [5, 5.41) is 1.37. The molecule has 1 heterocycles. The molecule has 0 saturated heterocycles. The quantitative estimate of drug-likeness (QED) is 0.465. The second-order valence-corrected chi connectivity index (χ2v) is 6.05. The highest BCUT2D eigenvalue weighted by Crippen LogP contribution is 2.24. The first-order valence-electron chi connectivity index (χ1n) is 6.23. The third-order valence-electron chi connectivity index (χ3n) is 3.01. The minimum Gasteiger partial charge on any atom is -0.488 e. The van der Waals surface area contributed by atoms with Crippen molar-refractivity contribution in [2.24, 2.45) is 0 Å². The molecule has 0 aliphatic heterocycles. The van der Waals surface area contributed by atoms with Gasteiger partial charge in [-0.05, 0) is 52.9 Å². The minimum atomic E-state index is -0.397. The standard InChI is InChI=1S/C16H10ClIO3/c17-11-5-6-14-12(8-11)10(7-16(19)21-14)9-20-15-4-2-1-3-13(15)18/h1-8H,9H2. The number of para-hydroxylation sites is 1. The zero-order valence-electron chi connectivity index (χ0n) is 10.8. The molecule has 106 valence electrons. The van der Waals surface area contributed by atoms with Crippen LogP contribution >= 0.6 is 34.2 Å². The third kappa shape index (κ3) is 3.22. The van der Waals surface area contributed by atoms with Gasteiger partial charge < -0.3 is 9.15 Å². The van der Waals surface area contributed by atoms with E-state index in [2.05, 4.69) is 22.6 Å². The van der Waals surface area contributed by atoms with Crippen LogP contribution in [0.2, 0.25) is 5.02 Å². The number of fused-ring (bicyclic) bond motifs is 1. The van der Waals surface area contributed by atoms with E-state index >= 15 is 0 Å². The molecule has 0 aliphatic rings. The summed E-state index contributed by atoms with van der Waals surface area (Å²) < 4.78 is 12.0. The van der Waals surface area contributed by atoms with Crippen LogP contribution in [-0.4, -0.2) is 0 Å².